The van der Waals surface area contributed by atoms with Gasteiger partial charge in [-0.3, -0.25) is 4.79 Å². The molecular weight excluding hydrogens is 891 g/mol. The summed E-state index contributed by atoms with van der Waals surface area (Å²) < 4.78 is 34.0. The molecule has 19 nitrogen and oxygen atoms in total. The number of nitrogens with one attached hydrogen (secondary N) is 1. The average Bonchev–Trinajstić information content (AvgIpc) is 3.33. The van der Waals surface area contributed by atoms with E-state index in [0.717, 1.165) is 77.0 Å². The molecule has 396 valence electrons. The topological polar surface area (TPSA) is 307 Å². The monoisotopic (exact) mass is 978 g/mol. The second-order valence-electron chi connectivity index (χ2n) is 18.3. The van der Waals surface area contributed by atoms with Gasteiger partial charge in [0.05, 0.1) is 38.6 Å². The number of unbranched alkanes of at least 4 members (excludes halogenated alkanes) is 14. The first kappa shape index (κ1) is 60.3. The highest BCUT2D eigenvalue weighted by Gasteiger charge is 2.53. The number of allylic oxidation sites excluding steroid dienone is 5. The molecule has 0 aromatic carbocycles. The second-order valence-corrected chi connectivity index (χ2v) is 18.3. The van der Waals surface area contributed by atoms with E-state index in [1.165, 1.54) is 32.1 Å². The summed E-state index contributed by atoms with van der Waals surface area (Å²) in [5, 5.41) is 119. The van der Waals surface area contributed by atoms with Gasteiger partial charge in [-0.25, -0.2) is 0 Å². The number of carbonyl (C=O) groups excluding carboxylic acids is 1. The summed E-state index contributed by atoms with van der Waals surface area (Å²) >= 11 is 0. The summed E-state index contributed by atoms with van der Waals surface area (Å²) in [5.74, 6) is -0.296. The van der Waals surface area contributed by atoms with Crippen LogP contribution in [0.3, 0.4) is 0 Å². The average molecular weight is 978 g/mol. The van der Waals surface area contributed by atoms with Crippen LogP contribution in [0, 0.1) is 0 Å². The molecule has 3 aliphatic heterocycles. The van der Waals surface area contributed by atoms with Gasteiger partial charge in [-0.1, -0.05) is 121 Å². The van der Waals surface area contributed by atoms with Gasteiger partial charge in [0.25, 0.3) is 0 Å². The molecule has 3 fully saturated rings. The van der Waals surface area contributed by atoms with Crippen LogP contribution in [0.2, 0.25) is 0 Å². The molecule has 0 radical (unpaired) electrons. The molecule has 0 aliphatic carbocycles. The lowest BCUT2D eigenvalue weighted by molar-refractivity contribution is -0.379. The van der Waals surface area contributed by atoms with Crippen molar-refractivity contribution in [2.75, 3.05) is 26.4 Å². The molecule has 1 amide bonds. The number of aliphatic hydroxyl groups is 11. The van der Waals surface area contributed by atoms with Gasteiger partial charge in [-0.05, 0) is 44.9 Å². The molecule has 3 heterocycles. The molecule has 0 spiro atoms. The smallest absolute Gasteiger partial charge is 0.220 e. The van der Waals surface area contributed by atoms with Gasteiger partial charge in [-0.15, -0.1) is 0 Å². The fourth-order valence-electron chi connectivity index (χ4n) is 8.40. The van der Waals surface area contributed by atoms with Gasteiger partial charge < -0.3 is 89.9 Å². The predicted molar refractivity (Wildman–Crippen MR) is 249 cm³/mol. The summed E-state index contributed by atoms with van der Waals surface area (Å²) in [6, 6.07) is -0.976. The fourth-order valence-corrected chi connectivity index (χ4v) is 8.40. The first-order chi connectivity index (χ1) is 32.8. The Morgan fingerprint density at radius 1 is 0.529 bits per heavy atom. The summed E-state index contributed by atoms with van der Waals surface area (Å²) in [4.78, 5) is 13.2. The van der Waals surface area contributed by atoms with Crippen molar-refractivity contribution < 1.29 is 89.4 Å². The molecule has 3 saturated heterocycles. The van der Waals surface area contributed by atoms with Crippen LogP contribution < -0.4 is 5.32 Å². The summed E-state index contributed by atoms with van der Waals surface area (Å²) in [6.45, 7) is 1.57. The van der Waals surface area contributed by atoms with Crippen molar-refractivity contribution >= 4 is 5.91 Å². The maximum atomic E-state index is 13.2. The number of carbonyl (C=O) groups is 1. The lowest BCUT2D eigenvalue weighted by atomic mass is 9.96. The summed E-state index contributed by atoms with van der Waals surface area (Å²) in [7, 11) is 0. The number of ether oxygens (including phenoxy) is 6. The largest absolute Gasteiger partial charge is 0.394 e. The zero-order valence-corrected chi connectivity index (χ0v) is 40.3. The molecule has 17 unspecified atom stereocenters. The van der Waals surface area contributed by atoms with E-state index in [0.29, 0.717) is 6.42 Å². The Morgan fingerprint density at radius 2 is 1.00 bits per heavy atom. The van der Waals surface area contributed by atoms with Crippen molar-refractivity contribution in [2.45, 2.75) is 240 Å². The Hall–Kier alpha value is -1.99. The molecule has 0 aromatic heterocycles. The van der Waals surface area contributed by atoms with Gasteiger partial charge in [0.1, 0.15) is 73.2 Å². The van der Waals surface area contributed by atoms with Crippen LogP contribution in [0.4, 0.5) is 0 Å². The van der Waals surface area contributed by atoms with Gasteiger partial charge in [0.2, 0.25) is 5.91 Å². The Kier molecular flexibility index (Phi) is 30.5. The van der Waals surface area contributed by atoms with E-state index < -0.39 is 124 Å². The number of hydrogen-bond acceptors (Lipinski definition) is 18. The standard InChI is InChI=1S/C49H87NO18/c1-3-5-7-9-11-13-15-16-17-19-21-23-25-27-37(55)50-32(33(54)26-24-22-20-18-14-12-10-8-6-4-2)31-63-47-43(61)40(58)45(35(29-52)65-47)68-49-44(62)41(59)46(36(30-53)66-49)67-48-42(60)39(57)38(56)34(28-51)64-48/h7,9,13,15,24,26,32-36,38-49,51-54,56-62H,3-6,8,10-12,14,16-23,25,27-31H2,1-2H3,(H,50,55)/b9-7-,15-13-,26-24+. The summed E-state index contributed by atoms with van der Waals surface area (Å²) in [5.41, 5.74) is 0. The third kappa shape index (κ3) is 20.3. The SMILES string of the molecule is CCC/C=C\C/C=C\CCCCCCCC(=O)NC(COC1OC(CO)C(OC2OC(CO)C(OC3OC(CO)C(O)C(O)C3O)C(O)C2O)C(O)C1O)C(O)/C=C/CCCCCCCCCC. The van der Waals surface area contributed by atoms with Crippen molar-refractivity contribution in [3.63, 3.8) is 0 Å². The predicted octanol–water partition coefficient (Wildman–Crippen LogP) is 1.42. The van der Waals surface area contributed by atoms with Crippen LogP contribution >= 0.6 is 0 Å². The molecule has 12 N–H and O–H groups in total. The minimum Gasteiger partial charge on any atom is -0.394 e. The molecule has 19 heteroatoms. The molecule has 3 rings (SSSR count). The third-order valence-electron chi connectivity index (χ3n) is 12.7. The maximum absolute atomic E-state index is 13.2. The van der Waals surface area contributed by atoms with E-state index in [4.69, 9.17) is 28.4 Å². The van der Waals surface area contributed by atoms with E-state index in [1.807, 2.05) is 6.08 Å². The maximum Gasteiger partial charge on any atom is 0.220 e. The van der Waals surface area contributed by atoms with Crippen molar-refractivity contribution in [1.29, 1.82) is 0 Å². The van der Waals surface area contributed by atoms with Crippen LogP contribution in [0.25, 0.3) is 0 Å². The molecule has 68 heavy (non-hydrogen) atoms. The third-order valence-corrected chi connectivity index (χ3v) is 12.7. The minimum absolute atomic E-state index is 0.226. The number of rotatable bonds is 34. The van der Waals surface area contributed by atoms with Crippen LogP contribution in [-0.4, -0.2) is 193 Å². The van der Waals surface area contributed by atoms with Gasteiger partial charge >= 0.3 is 0 Å². The van der Waals surface area contributed by atoms with Crippen molar-refractivity contribution in [3.05, 3.63) is 36.5 Å². The first-order valence-corrected chi connectivity index (χ1v) is 25.2. The zero-order chi connectivity index (χ0) is 49.8. The number of amides is 1. The van der Waals surface area contributed by atoms with Gasteiger partial charge in [0.15, 0.2) is 18.9 Å². The number of aliphatic hydroxyl groups excluding tert-OH is 11. The van der Waals surface area contributed by atoms with Crippen molar-refractivity contribution in [1.82, 2.24) is 5.32 Å². The lowest BCUT2D eigenvalue weighted by Crippen LogP contribution is -2.66. The Balaban J connectivity index is 1.58. The Bertz CT molecular complexity index is 1400. The van der Waals surface area contributed by atoms with Crippen LogP contribution in [0.1, 0.15) is 136 Å². The quantitative estimate of drug-likeness (QED) is 0.0321. The number of hydrogen-bond donors (Lipinski definition) is 12. The molecule has 0 bridgehead atoms. The Labute approximate surface area is 402 Å². The van der Waals surface area contributed by atoms with E-state index in [9.17, 15) is 61.0 Å². The fraction of sp³-hybridized carbons (Fsp3) is 0.857. The first-order valence-electron chi connectivity index (χ1n) is 25.2. The highest BCUT2D eigenvalue weighted by Crippen LogP contribution is 2.33. The highest BCUT2D eigenvalue weighted by atomic mass is 16.8. The lowest BCUT2D eigenvalue weighted by Gasteiger charge is -2.48. The minimum atomic E-state index is -1.98. The van der Waals surface area contributed by atoms with E-state index >= 15 is 0 Å². The van der Waals surface area contributed by atoms with E-state index in [-0.39, 0.29) is 18.9 Å². The van der Waals surface area contributed by atoms with Crippen molar-refractivity contribution in [2.24, 2.45) is 0 Å². The van der Waals surface area contributed by atoms with Gasteiger partial charge in [0, 0.05) is 6.42 Å². The van der Waals surface area contributed by atoms with E-state index in [2.05, 4.69) is 43.5 Å². The summed E-state index contributed by atoms with van der Waals surface area (Å²) in [6.07, 6.45) is 4.47. The second kappa shape index (κ2) is 34.4. The molecule has 3 aliphatic rings. The van der Waals surface area contributed by atoms with Crippen LogP contribution in [-0.2, 0) is 33.2 Å². The van der Waals surface area contributed by atoms with E-state index in [1.54, 1.807) is 6.08 Å². The molecule has 17 atom stereocenters. The highest BCUT2D eigenvalue weighted by molar-refractivity contribution is 5.76. The molecule has 0 aromatic rings. The van der Waals surface area contributed by atoms with Crippen LogP contribution in [0.5, 0.6) is 0 Å². The van der Waals surface area contributed by atoms with Crippen molar-refractivity contribution in [3.8, 4) is 0 Å². The van der Waals surface area contributed by atoms with Crippen LogP contribution in [0.15, 0.2) is 36.5 Å². The molecule has 0 saturated carbocycles. The zero-order valence-electron chi connectivity index (χ0n) is 40.3. The Morgan fingerprint density at radius 3 is 1.56 bits per heavy atom. The van der Waals surface area contributed by atoms with Gasteiger partial charge in [-0.2, -0.15) is 0 Å². The molecular formula is C49H87NO18. The normalized spacial score (nSPS) is 33.5.